The summed E-state index contributed by atoms with van der Waals surface area (Å²) in [5.74, 6) is 0. The first-order valence-electron chi connectivity index (χ1n) is 13.4. The first kappa shape index (κ1) is 31.1. The number of unbranched alkanes of at least 4 members (excludes halogenated alkanes) is 18. The van der Waals surface area contributed by atoms with E-state index in [1.165, 1.54) is 128 Å². The average Bonchev–Trinajstić information content (AvgIpc) is 2.76. The fourth-order valence-corrected chi connectivity index (χ4v) is 3.53. The molecule has 0 saturated carbocycles. The third-order valence-electron chi connectivity index (χ3n) is 5.49. The van der Waals surface area contributed by atoms with Gasteiger partial charge in [0.1, 0.15) is 0 Å². The molecule has 0 heterocycles. The summed E-state index contributed by atoms with van der Waals surface area (Å²) in [5, 5.41) is 0. The molecule has 0 aromatic carbocycles. The molecule has 0 radical (unpaired) electrons. The van der Waals surface area contributed by atoms with Crippen molar-refractivity contribution in [2.75, 3.05) is 0 Å². The number of hydrogen-bond donors (Lipinski definition) is 0. The van der Waals surface area contributed by atoms with E-state index in [1.54, 1.807) is 0 Å². The molecule has 176 valence electrons. The summed E-state index contributed by atoms with van der Waals surface area (Å²) in [6.07, 6.45) is 40.1. The van der Waals surface area contributed by atoms with Crippen LogP contribution in [0.4, 0.5) is 0 Å². The Morgan fingerprint density at radius 1 is 0.400 bits per heavy atom. The van der Waals surface area contributed by atoms with E-state index >= 15 is 0 Å². The summed E-state index contributed by atoms with van der Waals surface area (Å²) in [7, 11) is 0. The van der Waals surface area contributed by atoms with Gasteiger partial charge in [0.05, 0.1) is 0 Å². The Morgan fingerprint density at radius 3 is 0.933 bits per heavy atom. The molecule has 0 fully saturated rings. The SMILES string of the molecule is C=C/C=C/CCCCCCCCCC.C=C/C=C/CCCCCCCCCCCC. The van der Waals surface area contributed by atoms with Crippen LogP contribution >= 0.6 is 0 Å². The Kier molecular flexibility index (Phi) is 33.9. The van der Waals surface area contributed by atoms with E-state index < -0.39 is 0 Å². The highest BCUT2D eigenvalue weighted by molar-refractivity contribution is 4.97. The molecule has 0 aromatic heterocycles. The monoisotopic (exact) mass is 416 g/mol. The molecule has 0 amide bonds. The molecule has 0 aliphatic rings. The smallest absolute Gasteiger partial charge is 0.0348 e. The van der Waals surface area contributed by atoms with Gasteiger partial charge >= 0.3 is 0 Å². The van der Waals surface area contributed by atoms with Crippen LogP contribution in [0.25, 0.3) is 0 Å². The van der Waals surface area contributed by atoms with Crippen LogP contribution in [0.15, 0.2) is 49.6 Å². The Bertz CT molecular complexity index is 360. The van der Waals surface area contributed by atoms with Crippen molar-refractivity contribution in [2.24, 2.45) is 0 Å². The van der Waals surface area contributed by atoms with E-state index in [9.17, 15) is 0 Å². The van der Waals surface area contributed by atoms with Crippen molar-refractivity contribution in [1.82, 2.24) is 0 Å². The van der Waals surface area contributed by atoms with Crippen molar-refractivity contribution in [3.8, 4) is 0 Å². The third kappa shape index (κ3) is 34.5. The van der Waals surface area contributed by atoms with Crippen molar-refractivity contribution >= 4 is 0 Å². The molecule has 0 N–H and O–H groups in total. The maximum absolute atomic E-state index is 3.66. The topological polar surface area (TPSA) is 0 Å². The molecule has 0 atom stereocenters. The zero-order valence-electron chi connectivity index (χ0n) is 21.0. The quantitative estimate of drug-likeness (QED) is 0.121. The van der Waals surface area contributed by atoms with Crippen molar-refractivity contribution in [2.45, 2.75) is 142 Å². The standard InChI is InChI=1S/C16H30.C14H26/c1-3-5-7-9-11-13-15-16-14-12-10-8-6-4-2;1-3-5-7-9-11-13-14-12-10-8-6-4-2/h3,5,7H,1,4,6,8-16H2,2H3;3,5,7H,1,4,6,8-14H2,2H3/b2*7-5+. The molecule has 0 heteroatoms. The largest absolute Gasteiger partial charge is 0.0991 e. The summed E-state index contributed by atoms with van der Waals surface area (Å²) >= 11 is 0. The molecule has 0 aromatic rings. The van der Waals surface area contributed by atoms with Crippen molar-refractivity contribution in [3.05, 3.63) is 49.6 Å². The van der Waals surface area contributed by atoms with Crippen LogP contribution < -0.4 is 0 Å². The maximum Gasteiger partial charge on any atom is -0.0348 e. The second-order valence-electron chi connectivity index (χ2n) is 8.56. The third-order valence-corrected chi connectivity index (χ3v) is 5.49. The molecule has 0 aliphatic carbocycles. The first-order chi connectivity index (χ1) is 14.8. The number of allylic oxidation sites excluding steroid dienone is 6. The van der Waals surface area contributed by atoms with Gasteiger partial charge in [0.2, 0.25) is 0 Å². The second kappa shape index (κ2) is 32.6. The van der Waals surface area contributed by atoms with Crippen LogP contribution in [-0.4, -0.2) is 0 Å². The Hall–Kier alpha value is -1.04. The molecule has 0 aliphatic heterocycles. The van der Waals surface area contributed by atoms with E-state index in [0.29, 0.717) is 0 Å². The van der Waals surface area contributed by atoms with Gasteiger partial charge in [-0.05, 0) is 25.7 Å². The second-order valence-corrected chi connectivity index (χ2v) is 8.56. The predicted molar refractivity (Wildman–Crippen MR) is 142 cm³/mol. The molecule has 0 rings (SSSR count). The summed E-state index contributed by atoms with van der Waals surface area (Å²) in [6, 6.07) is 0. The van der Waals surface area contributed by atoms with Crippen molar-refractivity contribution in [3.63, 3.8) is 0 Å². The Balaban J connectivity index is 0. The zero-order chi connectivity index (χ0) is 22.4. The number of hydrogen-bond acceptors (Lipinski definition) is 0. The van der Waals surface area contributed by atoms with Gasteiger partial charge < -0.3 is 0 Å². The van der Waals surface area contributed by atoms with E-state index in [0.717, 1.165) is 0 Å². The summed E-state index contributed by atoms with van der Waals surface area (Å²) in [4.78, 5) is 0. The highest BCUT2D eigenvalue weighted by Crippen LogP contribution is 2.11. The molecule has 30 heavy (non-hydrogen) atoms. The van der Waals surface area contributed by atoms with Crippen LogP contribution in [0.3, 0.4) is 0 Å². The Labute approximate surface area is 192 Å². The van der Waals surface area contributed by atoms with Gasteiger partial charge in [0.15, 0.2) is 0 Å². The fourth-order valence-electron chi connectivity index (χ4n) is 3.53. The average molecular weight is 417 g/mol. The van der Waals surface area contributed by atoms with Crippen LogP contribution in [0, 0.1) is 0 Å². The van der Waals surface area contributed by atoms with Crippen molar-refractivity contribution < 1.29 is 0 Å². The molecular formula is C30H56. The number of rotatable bonds is 22. The van der Waals surface area contributed by atoms with E-state index in [4.69, 9.17) is 0 Å². The van der Waals surface area contributed by atoms with E-state index in [1.807, 2.05) is 24.3 Å². The molecule has 0 nitrogen and oxygen atoms in total. The lowest BCUT2D eigenvalue weighted by molar-refractivity contribution is 0.557. The summed E-state index contributed by atoms with van der Waals surface area (Å²) in [5.41, 5.74) is 0. The van der Waals surface area contributed by atoms with Gasteiger partial charge in [0, 0.05) is 0 Å². The van der Waals surface area contributed by atoms with Gasteiger partial charge in [-0.25, -0.2) is 0 Å². The summed E-state index contributed by atoms with van der Waals surface area (Å²) in [6.45, 7) is 11.9. The van der Waals surface area contributed by atoms with Crippen LogP contribution in [0.5, 0.6) is 0 Å². The highest BCUT2D eigenvalue weighted by atomic mass is 14.0. The van der Waals surface area contributed by atoms with Gasteiger partial charge in [0.25, 0.3) is 0 Å². The molecule has 0 bridgehead atoms. The van der Waals surface area contributed by atoms with Crippen LogP contribution in [0.1, 0.15) is 142 Å². The maximum atomic E-state index is 3.66. The molecule has 0 saturated heterocycles. The Morgan fingerprint density at radius 2 is 0.667 bits per heavy atom. The highest BCUT2D eigenvalue weighted by Gasteiger charge is 1.92. The lowest BCUT2D eigenvalue weighted by Crippen LogP contribution is -1.81. The lowest BCUT2D eigenvalue weighted by Gasteiger charge is -2.01. The van der Waals surface area contributed by atoms with Gasteiger partial charge in [-0.3, -0.25) is 0 Å². The van der Waals surface area contributed by atoms with Crippen molar-refractivity contribution in [1.29, 1.82) is 0 Å². The minimum absolute atomic E-state index is 1.22. The van der Waals surface area contributed by atoms with Gasteiger partial charge in [-0.15, -0.1) is 0 Å². The molecular weight excluding hydrogens is 360 g/mol. The van der Waals surface area contributed by atoms with Crippen LogP contribution in [0.2, 0.25) is 0 Å². The predicted octanol–water partition coefficient (Wildman–Crippen LogP) is 11.3. The van der Waals surface area contributed by atoms with E-state index in [2.05, 4.69) is 39.2 Å². The van der Waals surface area contributed by atoms with Crippen LogP contribution in [-0.2, 0) is 0 Å². The summed E-state index contributed by atoms with van der Waals surface area (Å²) < 4.78 is 0. The van der Waals surface area contributed by atoms with E-state index in [-0.39, 0.29) is 0 Å². The minimum Gasteiger partial charge on any atom is -0.0991 e. The van der Waals surface area contributed by atoms with Gasteiger partial charge in [-0.1, -0.05) is 166 Å². The molecule has 0 unspecified atom stereocenters. The zero-order valence-corrected chi connectivity index (χ0v) is 21.0. The first-order valence-corrected chi connectivity index (χ1v) is 13.4. The van der Waals surface area contributed by atoms with Gasteiger partial charge in [-0.2, -0.15) is 0 Å². The normalized spacial score (nSPS) is 11.0. The minimum atomic E-state index is 1.22. The fraction of sp³-hybridized carbons (Fsp3) is 0.733. The lowest BCUT2D eigenvalue weighted by atomic mass is 10.1. The molecule has 0 spiro atoms.